The molecule has 0 N–H and O–H groups in total. The molecule has 5 nitrogen and oxygen atoms in total. The van der Waals surface area contributed by atoms with Crippen molar-refractivity contribution in [3.05, 3.63) is 28.8 Å². The Hall–Kier alpha value is -1.73. The Kier molecular flexibility index (Phi) is 7.24. The van der Waals surface area contributed by atoms with Crippen molar-refractivity contribution in [3.63, 3.8) is 0 Å². The number of likely N-dealkylation sites (tertiary alicyclic amines) is 1. The Morgan fingerprint density at radius 2 is 1.54 bits per heavy atom. The monoisotopic (exact) mass is 395 g/mol. The number of hydrogen-bond acceptors (Lipinski definition) is 4. The summed E-state index contributed by atoms with van der Waals surface area (Å²) in [7, 11) is 0. The first-order valence-corrected chi connectivity index (χ1v) is 10.2. The molecule has 2 fully saturated rings. The predicted octanol–water partition coefficient (Wildman–Crippen LogP) is 3.03. The zero-order valence-electron chi connectivity index (χ0n) is 16.9. The van der Waals surface area contributed by atoms with Crippen LogP contribution in [0.5, 0.6) is 5.75 Å². The van der Waals surface area contributed by atoms with Crippen molar-refractivity contribution in [2.45, 2.75) is 46.3 Å². The third kappa shape index (κ3) is 5.64. The number of carbonyl (C=O) groups excluding carboxylic acids is 1. The summed E-state index contributed by atoms with van der Waals surface area (Å²) in [6, 6.07) is 3.86. The average Bonchev–Trinajstić information content (AvgIpc) is 2.67. The lowest BCUT2D eigenvalue weighted by Crippen LogP contribution is -2.50. The number of piperidine rings is 1. The molecule has 2 aliphatic rings. The van der Waals surface area contributed by atoms with E-state index in [9.17, 15) is 13.6 Å². The van der Waals surface area contributed by atoms with Crippen molar-refractivity contribution in [2.75, 3.05) is 45.8 Å². The zero-order chi connectivity index (χ0) is 20.1. The lowest BCUT2D eigenvalue weighted by Gasteiger charge is -2.36. The molecule has 28 heavy (non-hydrogen) atoms. The number of piperazine rings is 1. The van der Waals surface area contributed by atoms with E-state index in [0.29, 0.717) is 6.54 Å². The van der Waals surface area contributed by atoms with Crippen molar-refractivity contribution in [1.82, 2.24) is 14.7 Å². The summed E-state index contributed by atoms with van der Waals surface area (Å²) < 4.78 is 29.7. The molecule has 0 bridgehead atoms. The molecule has 0 spiro atoms. The number of amides is 1. The first-order chi connectivity index (χ1) is 13.4. The van der Waals surface area contributed by atoms with E-state index in [2.05, 4.69) is 14.5 Å². The molecule has 7 heteroatoms. The van der Waals surface area contributed by atoms with Crippen molar-refractivity contribution in [2.24, 2.45) is 0 Å². The number of benzene rings is 1. The van der Waals surface area contributed by atoms with Crippen LogP contribution in [0.25, 0.3) is 0 Å². The first kappa shape index (κ1) is 21.0. The quantitative estimate of drug-likeness (QED) is 0.742. The molecular formula is C21H31F2N3O2. The highest BCUT2D eigenvalue weighted by Crippen LogP contribution is 2.27. The molecule has 0 unspecified atom stereocenters. The van der Waals surface area contributed by atoms with Crippen LogP contribution in [0.15, 0.2) is 12.1 Å². The van der Waals surface area contributed by atoms with Gasteiger partial charge in [0.25, 0.3) is 0 Å². The molecule has 0 aliphatic carbocycles. The second-order valence-electron chi connectivity index (χ2n) is 7.93. The van der Waals surface area contributed by atoms with E-state index in [0.717, 1.165) is 75.3 Å². The molecule has 2 heterocycles. The number of ether oxygens (including phenoxy) is 1. The fourth-order valence-corrected chi connectivity index (χ4v) is 4.20. The summed E-state index contributed by atoms with van der Waals surface area (Å²) in [6.45, 7) is 7.48. The Morgan fingerprint density at radius 3 is 2.11 bits per heavy atom. The molecule has 2 saturated heterocycles. The van der Waals surface area contributed by atoms with Gasteiger partial charge in [0.2, 0.25) is 5.91 Å². The van der Waals surface area contributed by atoms with Crippen LogP contribution in [0.4, 0.5) is 8.78 Å². The van der Waals surface area contributed by atoms with E-state index in [1.807, 2.05) is 17.0 Å². The van der Waals surface area contributed by atoms with Gasteiger partial charge in [-0.1, -0.05) is 12.1 Å². The Labute approximate surface area is 166 Å². The molecular weight excluding hydrogens is 364 g/mol. The molecule has 0 aromatic heterocycles. The fraction of sp³-hybridized carbons (Fsp3) is 0.667. The Bertz CT molecular complexity index is 647. The van der Waals surface area contributed by atoms with Crippen molar-refractivity contribution in [3.8, 4) is 5.75 Å². The van der Waals surface area contributed by atoms with Gasteiger partial charge in [-0.2, -0.15) is 8.78 Å². The van der Waals surface area contributed by atoms with Gasteiger partial charge in [-0.15, -0.1) is 0 Å². The smallest absolute Gasteiger partial charge is 0.387 e. The van der Waals surface area contributed by atoms with E-state index >= 15 is 0 Å². The second-order valence-corrected chi connectivity index (χ2v) is 7.93. The van der Waals surface area contributed by atoms with Crippen molar-refractivity contribution >= 4 is 5.91 Å². The van der Waals surface area contributed by atoms with Gasteiger partial charge in [0.1, 0.15) is 5.75 Å². The number of carbonyl (C=O) groups is 1. The summed E-state index contributed by atoms with van der Waals surface area (Å²) >= 11 is 0. The highest BCUT2D eigenvalue weighted by molar-refractivity contribution is 5.78. The van der Waals surface area contributed by atoms with Gasteiger partial charge >= 0.3 is 6.61 Å². The molecule has 3 rings (SSSR count). The second kappa shape index (κ2) is 9.65. The Morgan fingerprint density at radius 1 is 0.964 bits per heavy atom. The number of nitrogens with zero attached hydrogens (tertiary/aromatic N) is 3. The number of aryl methyl sites for hydroxylation is 2. The largest absolute Gasteiger partial charge is 0.434 e. The first-order valence-electron chi connectivity index (χ1n) is 10.2. The van der Waals surface area contributed by atoms with Gasteiger partial charge in [-0.25, -0.2) is 0 Å². The number of hydrogen-bond donors (Lipinski definition) is 0. The fourth-order valence-electron chi connectivity index (χ4n) is 4.20. The van der Waals surface area contributed by atoms with Crippen LogP contribution in [-0.4, -0.2) is 73.0 Å². The minimum absolute atomic E-state index is 0.258. The SMILES string of the molecule is Cc1cc(CN2CCN(CC(=O)N3CCCCC3)CC2)cc(C)c1OC(F)F. The highest BCUT2D eigenvalue weighted by Gasteiger charge is 2.23. The molecule has 0 radical (unpaired) electrons. The van der Waals surface area contributed by atoms with Crippen LogP contribution < -0.4 is 4.74 Å². The van der Waals surface area contributed by atoms with Crippen LogP contribution in [0.2, 0.25) is 0 Å². The molecule has 0 saturated carbocycles. The summed E-state index contributed by atoms with van der Waals surface area (Å²) in [5.74, 6) is 0.536. The van der Waals surface area contributed by atoms with Crippen LogP contribution >= 0.6 is 0 Å². The van der Waals surface area contributed by atoms with E-state index in [4.69, 9.17) is 0 Å². The minimum Gasteiger partial charge on any atom is -0.434 e. The van der Waals surface area contributed by atoms with Crippen LogP contribution in [0.1, 0.15) is 36.0 Å². The molecule has 2 aliphatic heterocycles. The van der Waals surface area contributed by atoms with E-state index in [1.54, 1.807) is 13.8 Å². The molecule has 156 valence electrons. The third-order valence-electron chi connectivity index (χ3n) is 5.67. The lowest BCUT2D eigenvalue weighted by molar-refractivity contribution is -0.133. The van der Waals surface area contributed by atoms with Crippen LogP contribution in [0, 0.1) is 13.8 Å². The topological polar surface area (TPSA) is 36.0 Å². The number of alkyl halides is 2. The Balaban J connectivity index is 1.48. The lowest BCUT2D eigenvalue weighted by atomic mass is 10.0. The van der Waals surface area contributed by atoms with Gasteiger partial charge in [0.05, 0.1) is 6.54 Å². The van der Waals surface area contributed by atoms with Gasteiger partial charge in [-0.05, 0) is 49.8 Å². The maximum Gasteiger partial charge on any atom is 0.387 e. The van der Waals surface area contributed by atoms with Gasteiger partial charge in [-0.3, -0.25) is 14.6 Å². The maximum atomic E-state index is 12.5. The number of halogens is 2. The van der Waals surface area contributed by atoms with Gasteiger partial charge < -0.3 is 9.64 Å². The summed E-state index contributed by atoms with van der Waals surface area (Å²) in [4.78, 5) is 19.0. The third-order valence-corrected chi connectivity index (χ3v) is 5.67. The summed E-state index contributed by atoms with van der Waals surface area (Å²) in [6.07, 6.45) is 3.48. The number of rotatable bonds is 6. The van der Waals surface area contributed by atoms with Gasteiger partial charge in [0, 0.05) is 45.8 Å². The molecule has 1 amide bonds. The van der Waals surface area contributed by atoms with Crippen molar-refractivity contribution in [1.29, 1.82) is 0 Å². The average molecular weight is 395 g/mol. The van der Waals surface area contributed by atoms with Crippen molar-refractivity contribution < 1.29 is 18.3 Å². The highest BCUT2D eigenvalue weighted by atomic mass is 19.3. The predicted molar refractivity (Wildman–Crippen MR) is 105 cm³/mol. The van der Waals surface area contributed by atoms with Gasteiger partial charge in [0.15, 0.2) is 0 Å². The molecule has 1 aromatic carbocycles. The zero-order valence-corrected chi connectivity index (χ0v) is 16.9. The van der Waals surface area contributed by atoms with Crippen LogP contribution in [0.3, 0.4) is 0 Å². The maximum absolute atomic E-state index is 12.5. The standard InChI is InChI=1S/C21H31F2N3O2/c1-16-12-18(13-17(2)20(16)28-21(22)23)14-24-8-10-25(11-9-24)15-19(27)26-6-4-3-5-7-26/h12-13,21H,3-11,14-15H2,1-2H3. The molecule has 0 atom stereocenters. The van der Waals surface area contributed by atoms with E-state index in [-0.39, 0.29) is 11.7 Å². The summed E-state index contributed by atoms with van der Waals surface area (Å²) in [5.41, 5.74) is 2.58. The normalized spacial score (nSPS) is 19.2. The van der Waals surface area contributed by atoms with E-state index in [1.165, 1.54) is 6.42 Å². The van der Waals surface area contributed by atoms with Crippen LogP contribution in [-0.2, 0) is 11.3 Å². The minimum atomic E-state index is -2.80. The van der Waals surface area contributed by atoms with E-state index < -0.39 is 6.61 Å². The molecule has 1 aromatic rings. The summed E-state index contributed by atoms with van der Waals surface area (Å²) in [5, 5.41) is 0.